The van der Waals surface area contributed by atoms with E-state index in [1.165, 1.54) is 0 Å². The molecule has 2 aromatic carbocycles. The van der Waals surface area contributed by atoms with E-state index in [9.17, 15) is 4.79 Å². The van der Waals surface area contributed by atoms with Gasteiger partial charge >= 0.3 is 0 Å². The minimum Gasteiger partial charge on any atom is -0.379 e. The molecule has 0 fully saturated rings. The Morgan fingerprint density at radius 2 is 1.85 bits per heavy atom. The molecule has 0 aliphatic heterocycles. The lowest BCUT2D eigenvalue weighted by Crippen LogP contribution is -2.27. The second-order valence-corrected chi connectivity index (χ2v) is 5.77. The van der Waals surface area contributed by atoms with Gasteiger partial charge in [0.2, 0.25) is 5.91 Å². The first kappa shape index (κ1) is 15.8. The molecule has 0 spiro atoms. The van der Waals surface area contributed by atoms with E-state index in [1.807, 2.05) is 54.6 Å². The highest BCUT2D eigenvalue weighted by molar-refractivity contribution is 5.85. The lowest BCUT2D eigenvalue weighted by Gasteiger charge is -2.09. The van der Waals surface area contributed by atoms with Gasteiger partial charge in [0, 0.05) is 6.54 Å². The molecule has 8 heteroatoms. The van der Waals surface area contributed by atoms with Gasteiger partial charge in [-0.15, -0.1) is 0 Å². The number of benzene rings is 2. The molecule has 8 nitrogen and oxygen atoms in total. The summed E-state index contributed by atoms with van der Waals surface area (Å²) in [6.45, 7) is 0.532. The molecule has 2 aromatic heterocycles. The van der Waals surface area contributed by atoms with Crippen molar-refractivity contribution in [2.45, 2.75) is 13.1 Å². The average molecular weight is 348 g/mol. The van der Waals surface area contributed by atoms with Crippen LogP contribution in [0.4, 0.5) is 5.82 Å². The predicted molar refractivity (Wildman–Crippen MR) is 95.7 cm³/mol. The summed E-state index contributed by atoms with van der Waals surface area (Å²) in [4.78, 5) is 17.0. The second kappa shape index (κ2) is 6.67. The Morgan fingerprint density at radius 1 is 1.08 bits per heavy atom. The monoisotopic (exact) mass is 348 g/mol. The van der Waals surface area contributed by atoms with Gasteiger partial charge in [0.25, 0.3) is 0 Å². The Balaban J connectivity index is 1.63. The number of nitrogen functional groups attached to an aromatic ring is 1. The van der Waals surface area contributed by atoms with Crippen LogP contribution in [0.3, 0.4) is 0 Å². The van der Waals surface area contributed by atoms with Gasteiger partial charge in [0.1, 0.15) is 6.54 Å². The van der Waals surface area contributed by atoms with Crippen LogP contribution in [-0.4, -0.2) is 25.8 Å². The minimum atomic E-state index is -0.145. The molecule has 0 bridgehead atoms. The van der Waals surface area contributed by atoms with Crippen LogP contribution >= 0.6 is 0 Å². The lowest BCUT2D eigenvalue weighted by atomic mass is 10.2. The third kappa shape index (κ3) is 3.00. The summed E-state index contributed by atoms with van der Waals surface area (Å²) < 4.78 is 6.44. The molecule has 0 radical (unpaired) electrons. The number of anilines is 1. The Hall–Kier alpha value is -3.68. The van der Waals surface area contributed by atoms with Crippen LogP contribution in [0.25, 0.3) is 22.6 Å². The molecule has 4 aromatic rings. The van der Waals surface area contributed by atoms with E-state index in [0.717, 1.165) is 16.6 Å². The van der Waals surface area contributed by atoms with Crippen LogP contribution < -0.4 is 11.1 Å². The zero-order valence-corrected chi connectivity index (χ0v) is 13.8. The fourth-order valence-corrected chi connectivity index (χ4v) is 2.76. The summed E-state index contributed by atoms with van der Waals surface area (Å²) in [5, 5.41) is 10.3. The van der Waals surface area contributed by atoms with Gasteiger partial charge in [-0.3, -0.25) is 4.79 Å². The van der Waals surface area contributed by atoms with Crippen molar-refractivity contribution in [1.82, 2.24) is 25.2 Å². The standard InChI is InChI=1S/C18H16N6O2/c19-17-16(22-26-23-17)18-21-13-8-4-5-9-14(13)24(18)11-15(25)20-10-12-6-2-1-3-7-12/h1-9H,10-11H2,(H2,19,23)(H,20,25). The summed E-state index contributed by atoms with van der Waals surface area (Å²) in [6, 6.07) is 17.2. The molecule has 0 aliphatic carbocycles. The number of carbonyl (C=O) groups excluding carboxylic acids is 1. The zero-order valence-electron chi connectivity index (χ0n) is 13.8. The second-order valence-electron chi connectivity index (χ2n) is 5.77. The Morgan fingerprint density at radius 3 is 2.62 bits per heavy atom. The zero-order chi connectivity index (χ0) is 17.9. The molecule has 0 saturated heterocycles. The van der Waals surface area contributed by atoms with E-state index < -0.39 is 0 Å². The Labute approximate surface area is 148 Å². The van der Waals surface area contributed by atoms with E-state index >= 15 is 0 Å². The number of imidazole rings is 1. The summed E-state index contributed by atoms with van der Waals surface area (Å²) >= 11 is 0. The highest BCUT2D eigenvalue weighted by Crippen LogP contribution is 2.26. The number of amides is 1. The average Bonchev–Trinajstić information content (AvgIpc) is 3.24. The number of rotatable bonds is 5. The van der Waals surface area contributed by atoms with Crippen molar-refractivity contribution in [3.8, 4) is 11.5 Å². The maximum atomic E-state index is 12.5. The molecule has 0 aliphatic rings. The summed E-state index contributed by atoms with van der Waals surface area (Å²) in [5.41, 5.74) is 8.70. The van der Waals surface area contributed by atoms with E-state index in [0.29, 0.717) is 18.1 Å². The normalized spacial score (nSPS) is 10.9. The highest BCUT2D eigenvalue weighted by atomic mass is 16.6. The summed E-state index contributed by atoms with van der Waals surface area (Å²) in [7, 11) is 0. The van der Waals surface area contributed by atoms with Crippen molar-refractivity contribution in [3.05, 3.63) is 60.2 Å². The number of nitrogens with zero attached hydrogens (tertiary/aromatic N) is 4. The number of hydrogen-bond acceptors (Lipinski definition) is 6. The van der Waals surface area contributed by atoms with E-state index in [1.54, 1.807) is 4.57 Å². The van der Waals surface area contributed by atoms with Crippen LogP contribution in [0, 0.1) is 0 Å². The lowest BCUT2D eigenvalue weighted by molar-refractivity contribution is -0.121. The Bertz CT molecular complexity index is 1050. The topological polar surface area (TPSA) is 112 Å². The Kier molecular flexibility index (Phi) is 4.06. The number of carbonyl (C=O) groups is 1. The predicted octanol–water partition coefficient (Wildman–Crippen LogP) is 1.98. The number of hydrogen-bond donors (Lipinski definition) is 2. The molecule has 26 heavy (non-hydrogen) atoms. The van der Waals surface area contributed by atoms with Crippen molar-refractivity contribution >= 4 is 22.8 Å². The molecule has 0 atom stereocenters. The number of fused-ring (bicyclic) bond motifs is 1. The van der Waals surface area contributed by atoms with Gasteiger partial charge in [-0.05, 0) is 28.0 Å². The van der Waals surface area contributed by atoms with Gasteiger partial charge in [-0.2, -0.15) is 0 Å². The van der Waals surface area contributed by atoms with Gasteiger partial charge < -0.3 is 15.6 Å². The number of nitrogens with two attached hydrogens (primary N) is 1. The quantitative estimate of drug-likeness (QED) is 0.570. The molecule has 1 amide bonds. The number of nitrogens with one attached hydrogen (secondary N) is 1. The van der Waals surface area contributed by atoms with Crippen LogP contribution in [0.2, 0.25) is 0 Å². The van der Waals surface area contributed by atoms with Crippen LogP contribution in [0.1, 0.15) is 5.56 Å². The SMILES string of the molecule is Nc1nonc1-c1nc2ccccc2n1CC(=O)NCc1ccccc1. The molecular formula is C18H16N6O2. The minimum absolute atomic E-state index is 0.0784. The van der Waals surface area contributed by atoms with Crippen LogP contribution in [0.5, 0.6) is 0 Å². The molecule has 0 saturated carbocycles. The van der Waals surface area contributed by atoms with Crippen molar-refractivity contribution in [2.24, 2.45) is 0 Å². The molecule has 0 unspecified atom stereocenters. The van der Waals surface area contributed by atoms with Gasteiger partial charge in [-0.25, -0.2) is 9.61 Å². The fourth-order valence-electron chi connectivity index (χ4n) is 2.76. The van der Waals surface area contributed by atoms with Crippen molar-refractivity contribution in [1.29, 1.82) is 0 Å². The third-order valence-corrected chi connectivity index (χ3v) is 4.01. The first-order valence-electron chi connectivity index (χ1n) is 8.06. The van der Waals surface area contributed by atoms with Crippen LogP contribution in [0.15, 0.2) is 59.2 Å². The highest BCUT2D eigenvalue weighted by Gasteiger charge is 2.20. The largest absolute Gasteiger partial charge is 0.379 e. The molecule has 4 rings (SSSR count). The van der Waals surface area contributed by atoms with E-state index in [4.69, 9.17) is 5.73 Å². The van der Waals surface area contributed by atoms with Crippen LogP contribution in [-0.2, 0) is 17.9 Å². The molecular weight excluding hydrogens is 332 g/mol. The van der Waals surface area contributed by atoms with E-state index in [2.05, 4.69) is 25.2 Å². The maximum absolute atomic E-state index is 12.5. The molecule has 130 valence electrons. The van der Waals surface area contributed by atoms with E-state index in [-0.39, 0.29) is 18.3 Å². The third-order valence-electron chi connectivity index (χ3n) is 4.01. The number of aromatic nitrogens is 4. The van der Waals surface area contributed by atoms with Crippen molar-refractivity contribution in [2.75, 3.05) is 5.73 Å². The fraction of sp³-hybridized carbons (Fsp3) is 0.111. The summed E-state index contributed by atoms with van der Waals surface area (Å²) in [5.74, 6) is 0.430. The smallest absolute Gasteiger partial charge is 0.240 e. The summed E-state index contributed by atoms with van der Waals surface area (Å²) in [6.07, 6.45) is 0. The first-order chi connectivity index (χ1) is 12.7. The van der Waals surface area contributed by atoms with Crippen molar-refractivity contribution in [3.63, 3.8) is 0 Å². The van der Waals surface area contributed by atoms with Gasteiger partial charge in [0.05, 0.1) is 11.0 Å². The molecule has 3 N–H and O–H groups in total. The molecule has 2 heterocycles. The van der Waals surface area contributed by atoms with Crippen molar-refractivity contribution < 1.29 is 9.42 Å². The maximum Gasteiger partial charge on any atom is 0.240 e. The first-order valence-corrected chi connectivity index (χ1v) is 8.06. The number of para-hydroxylation sites is 2. The van der Waals surface area contributed by atoms with Gasteiger partial charge in [0.15, 0.2) is 17.3 Å². The van der Waals surface area contributed by atoms with Gasteiger partial charge in [-0.1, -0.05) is 42.5 Å².